The van der Waals surface area contributed by atoms with Crippen molar-refractivity contribution in [1.82, 2.24) is 4.98 Å². The molecular weight excluding hydrogens is 375 g/mol. The van der Waals surface area contributed by atoms with Gasteiger partial charge in [-0.15, -0.1) is 0 Å². The third kappa shape index (κ3) is 4.14. The summed E-state index contributed by atoms with van der Waals surface area (Å²) in [4.78, 5) is 28.7. The molecule has 1 aromatic carbocycles. The highest BCUT2D eigenvalue weighted by molar-refractivity contribution is 6.05. The van der Waals surface area contributed by atoms with Gasteiger partial charge in [-0.25, -0.2) is 0 Å². The molecule has 0 spiro atoms. The predicted octanol–water partition coefficient (Wildman–Crippen LogP) is 3.63. The Morgan fingerprint density at radius 2 is 1.68 bits per heavy atom. The van der Waals surface area contributed by atoms with E-state index in [0.717, 1.165) is 0 Å². The molecule has 2 amide bonds. The van der Waals surface area contributed by atoms with Crippen molar-refractivity contribution in [3.63, 3.8) is 0 Å². The summed E-state index contributed by atoms with van der Waals surface area (Å²) in [6.45, 7) is -0.275. The number of anilines is 2. The van der Waals surface area contributed by atoms with E-state index in [1.165, 1.54) is 36.7 Å². The molecule has 148 valence electrons. The van der Waals surface area contributed by atoms with E-state index in [1.807, 2.05) is 0 Å². The number of nitrogens with zero attached hydrogens (tertiary/aromatic N) is 1. The molecule has 1 aliphatic rings. The highest BCUT2D eigenvalue weighted by Gasteiger charge is 2.60. The van der Waals surface area contributed by atoms with Crippen LogP contribution in [0.2, 0.25) is 0 Å². The highest BCUT2D eigenvalue weighted by Crippen LogP contribution is 2.46. The fourth-order valence-corrected chi connectivity index (χ4v) is 2.99. The van der Waals surface area contributed by atoms with Gasteiger partial charge < -0.3 is 15.4 Å². The van der Waals surface area contributed by atoms with E-state index in [1.54, 1.807) is 12.1 Å². The van der Waals surface area contributed by atoms with Crippen molar-refractivity contribution in [2.24, 2.45) is 5.41 Å². The number of benzene rings is 1. The molecule has 1 fully saturated rings. The second-order valence-corrected chi connectivity index (χ2v) is 6.42. The van der Waals surface area contributed by atoms with Gasteiger partial charge in [0.05, 0.1) is 0 Å². The quantitative estimate of drug-likeness (QED) is 0.831. The Balaban J connectivity index is 1.76. The lowest BCUT2D eigenvalue weighted by atomic mass is 9.78. The molecule has 1 aliphatic heterocycles. The molecule has 3 rings (SSSR count). The maximum Gasteiger partial charge on any atom is 0.403 e. The van der Waals surface area contributed by atoms with Gasteiger partial charge in [-0.1, -0.05) is 6.07 Å². The van der Waals surface area contributed by atoms with Gasteiger partial charge in [-0.05, 0) is 43.2 Å². The Bertz CT molecular complexity index is 850. The van der Waals surface area contributed by atoms with Gasteiger partial charge in [0.2, 0.25) is 5.91 Å². The van der Waals surface area contributed by atoms with E-state index in [0.29, 0.717) is 5.69 Å². The number of carbonyl (C=O) groups is 2. The van der Waals surface area contributed by atoms with Crippen molar-refractivity contribution >= 4 is 23.2 Å². The van der Waals surface area contributed by atoms with Crippen LogP contribution < -0.4 is 10.6 Å². The van der Waals surface area contributed by atoms with Gasteiger partial charge in [0, 0.05) is 42.5 Å². The maximum absolute atomic E-state index is 13.6. The number of ether oxygens (including phenoxy) is 1. The van der Waals surface area contributed by atoms with Gasteiger partial charge in [-0.2, -0.15) is 13.2 Å². The second kappa shape index (κ2) is 7.97. The van der Waals surface area contributed by atoms with Crippen molar-refractivity contribution in [3.8, 4) is 0 Å². The zero-order valence-electron chi connectivity index (χ0n) is 14.8. The average Bonchev–Trinajstić information content (AvgIpc) is 2.68. The first-order valence-corrected chi connectivity index (χ1v) is 8.59. The van der Waals surface area contributed by atoms with Crippen molar-refractivity contribution in [2.45, 2.75) is 19.0 Å². The van der Waals surface area contributed by atoms with E-state index in [2.05, 4.69) is 15.6 Å². The Labute approximate surface area is 159 Å². The molecule has 0 radical (unpaired) electrons. The van der Waals surface area contributed by atoms with Crippen LogP contribution in [0.15, 0.2) is 48.8 Å². The number of pyridine rings is 1. The molecule has 9 heteroatoms. The van der Waals surface area contributed by atoms with Crippen LogP contribution in [-0.4, -0.2) is 36.2 Å². The lowest BCUT2D eigenvalue weighted by Gasteiger charge is -2.37. The summed E-state index contributed by atoms with van der Waals surface area (Å²) in [6, 6.07) is 8.95. The molecule has 0 saturated carbocycles. The number of hydrogen-bond acceptors (Lipinski definition) is 4. The number of amides is 2. The molecule has 2 aromatic rings. The summed E-state index contributed by atoms with van der Waals surface area (Å²) in [5.74, 6) is -1.60. The van der Waals surface area contributed by atoms with Gasteiger partial charge in [0.1, 0.15) is 5.41 Å². The molecule has 1 saturated heterocycles. The van der Waals surface area contributed by atoms with Gasteiger partial charge in [0.25, 0.3) is 5.91 Å². The standard InChI is InChI=1S/C19H18F3N3O3/c20-19(21,22)18(6-10-28-11-7-18)17(27)25-15-3-1-2-13(12-15)16(26)24-14-4-8-23-9-5-14/h1-5,8-9,12H,6-7,10-11H2,(H,25,27)(H,23,24,26). The molecule has 2 N–H and O–H groups in total. The Morgan fingerprint density at radius 3 is 2.32 bits per heavy atom. The summed E-state index contributed by atoms with van der Waals surface area (Å²) in [7, 11) is 0. The van der Waals surface area contributed by atoms with E-state index in [-0.39, 0.29) is 24.5 Å². The third-order valence-electron chi connectivity index (χ3n) is 4.64. The van der Waals surface area contributed by atoms with Crippen molar-refractivity contribution in [1.29, 1.82) is 0 Å². The lowest BCUT2D eigenvalue weighted by molar-refractivity contribution is -0.237. The molecule has 6 nitrogen and oxygen atoms in total. The molecule has 0 aliphatic carbocycles. The van der Waals surface area contributed by atoms with Gasteiger partial charge in [0.15, 0.2) is 0 Å². The summed E-state index contributed by atoms with van der Waals surface area (Å²) in [6.07, 6.45) is -2.56. The molecule has 0 atom stereocenters. The van der Waals surface area contributed by atoms with Crippen LogP contribution in [-0.2, 0) is 9.53 Å². The van der Waals surface area contributed by atoms with E-state index < -0.39 is 36.2 Å². The van der Waals surface area contributed by atoms with Crippen LogP contribution in [0.1, 0.15) is 23.2 Å². The minimum Gasteiger partial charge on any atom is -0.381 e. The summed E-state index contributed by atoms with van der Waals surface area (Å²) in [5, 5.41) is 4.96. The number of nitrogens with one attached hydrogen (secondary N) is 2. The topological polar surface area (TPSA) is 80.3 Å². The Morgan fingerprint density at radius 1 is 1.00 bits per heavy atom. The number of alkyl halides is 3. The third-order valence-corrected chi connectivity index (χ3v) is 4.64. The molecule has 1 aromatic heterocycles. The minimum atomic E-state index is -4.70. The van der Waals surface area contributed by atoms with Crippen molar-refractivity contribution < 1.29 is 27.5 Å². The maximum atomic E-state index is 13.6. The average molecular weight is 393 g/mol. The number of rotatable bonds is 4. The zero-order valence-corrected chi connectivity index (χ0v) is 14.8. The first-order valence-electron chi connectivity index (χ1n) is 8.59. The normalized spacial score (nSPS) is 16.2. The summed E-state index contributed by atoms with van der Waals surface area (Å²) >= 11 is 0. The minimum absolute atomic E-state index is 0.113. The van der Waals surface area contributed by atoms with Crippen LogP contribution >= 0.6 is 0 Å². The summed E-state index contributed by atoms with van der Waals surface area (Å²) in [5.41, 5.74) is -1.67. The van der Waals surface area contributed by atoms with E-state index in [4.69, 9.17) is 4.74 Å². The smallest absolute Gasteiger partial charge is 0.381 e. The molecule has 0 bridgehead atoms. The molecule has 2 heterocycles. The van der Waals surface area contributed by atoms with Gasteiger partial charge >= 0.3 is 6.18 Å². The second-order valence-electron chi connectivity index (χ2n) is 6.42. The largest absolute Gasteiger partial charge is 0.403 e. The van der Waals surface area contributed by atoms with E-state index in [9.17, 15) is 22.8 Å². The highest BCUT2D eigenvalue weighted by atomic mass is 19.4. The molecule has 28 heavy (non-hydrogen) atoms. The first-order chi connectivity index (χ1) is 13.3. The number of aromatic nitrogens is 1. The predicted molar refractivity (Wildman–Crippen MR) is 95.8 cm³/mol. The van der Waals surface area contributed by atoms with E-state index >= 15 is 0 Å². The zero-order chi connectivity index (χ0) is 20.2. The molecule has 0 unspecified atom stereocenters. The van der Waals surface area contributed by atoms with Crippen LogP contribution in [0.4, 0.5) is 24.5 Å². The van der Waals surface area contributed by atoms with Crippen LogP contribution in [0.3, 0.4) is 0 Å². The Kier molecular flexibility index (Phi) is 5.64. The molecular formula is C19H18F3N3O3. The SMILES string of the molecule is O=C(Nc1ccncc1)c1cccc(NC(=O)C2(C(F)(F)F)CCOCC2)c1. The van der Waals surface area contributed by atoms with Crippen molar-refractivity contribution in [3.05, 3.63) is 54.4 Å². The fraction of sp³-hybridized carbons (Fsp3) is 0.316. The number of halogens is 3. The number of carbonyl (C=O) groups excluding carboxylic acids is 2. The van der Waals surface area contributed by atoms with Crippen LogP contribution in [0.5, 0.6) is 0 Å². The van der Waals surface area contributed by atoms with Gasteiger partial charge in [-0.3, -0.25) is 14.6 Å². The Hall–Kier alpha value is -2.94. The monoisotopic (exact) mass is 393 g/mol. The fourth-order valence-electron chi connectivity index (χ4n) is 2.99. The van der Waals surface area contributed by atoms with Crippen molar-refractivity contribution in [2.75, 3.05) is 23.8 Å². The number of hydrogen-bond donors (Lipinski definition) is 2. The van der Waals surface area contributed by atoms with Crippen LogP contribution in [0.25, 0.3) is 0 Å². The lowest BCUT2D eigenvalue weighted by Crippen LogP contribution is -2.51. The van der Waals surface area contributed by atoms with Crippen LogP contribution in [0, 0.1) is 5.41 Å². The summed E-state index contributed by atoms with van der Waals surface area (Å²) < 4.78 is 45.8. The first kappa shape index (κ1) is 19.8.